The van der Waals surface area contributed by atoms with E-state index in [4.69, 9.17) is 4.98 Å². The number of rotatable bonds is 2. The Morgan fingerprint density at radius 3 is 1.70 bits per heavy atom. The summed E-state index contributed by atoms with van der Waals surface area (Å²) in [6, 6.07) is 56.9. The lowest BCUT2D eigenvalue weighted by atomic mass is 9.84. The molecule has 0 N–H and O–H groups in total. The molecule has 0 unspecified atom stereocenters. The summed E-state index contributed by atoms with van der Waals surface area (Å²) < 4.78 is 7.44. The molecule has 0 aliphatic heterocycles. The van der Waals surface area contributed by atoms with E-state index in [1.165, 1.54) is 126 Å². The van der Waals surface area contributed by atoms with Gasteiger partial charge in [-0.2, -0.15) is 0 Å². The van der Waals surface area contributed by atoms with Gasteiger partial charge in [-0.1, -0.05) is 126 Å². The Bertz CT molecular complexity index is 4260. The second-order valence-corrected chi connectivity index (χ2v) is 20.0. The molecule has 0 atom stereocenters. The number of hydrogen-bond acceptors (Lipinski definition) is 1. The van der Waals surface area contributed by atoms with Crippen LogP contribution in [0.5, 0.6) is 0 Å². The third kappa shape index (κ3) is 4.48. The van der Waals surface area contributed by atoms with Gasteiger partial charge in [-0.15, -0.1) is 0 Å². The highest BCUT2D eigenvalue weighted by atomic mass is 15.0. The number of benzene rings is 8. The fourth-order valence-electron chi connectivity index (χ4n) is 11.4. The minimum Gasteiger partial charge on any atom is -0.309 e. The van der Waals surface area contributed by atoms with Crippen LogP contribution in [-0.4, -0.2) is 18.4 Å². The summed E-state index contributed by atoms with van der Waals surface area (Å²) in [4.78, 5) is 5.52. The van der Waals surface area contributed by atoms with Gasteiger partial charge in [0.05, 0.1) is 44.8 Å². The van der Waals surface area contributed by atoms with E-state index in [9.17, 15) is 0 Å². The van der Waals surface area contributed by atoms with Gasteiger partial charge in [0, 0.05) is 65.1 Å². The summed E-state index contributed by atoms with van der Waals surface area (Å²) in [7, 11) is 0. The van der Waals surface area contributed by atoms with Crippen LogP contribution in [0.2, 0.25) is 0 Å². The lowest BCUT2D eigenvalue weighted by Gasteiger charge is -2.20. The molecule has 0 amide bonds. The van der Waals surface area contributed by atoms with E-state index >= 15 is 0 Å². The third-order valence-corrected chi connectivity index (χ3v) is 14.4. The van der Waals surface area contributed by atoms with E-state index in [0.29, 0.717) is 0 Å². The van der Waals surface area contributed by atoms with Crippen LogP contribution < -0.4 is 0 Å². The summed E-state index contributed by atoms with van der Waals surface area (Å²) in [5.41, 5.74) is 15.7. The maximum Gasteiger partial charge on any atom is 0.146 e. The van der Waals surface area contributed by atoms with Gasteiger partial charge in [0.15, 0.2) is 0 Å². The third-order valence-electron chi connectivity index (χ3n) is 14.4. The zero-order valence-electron chi connectivity index (χ0n) is 36.3. The van der Waals surface area contributed by atoms with Crippen LogP contribution in [0.3, 0.4) is 0 Å². The molecule has 14 rings (SSSR count). The predicted molar refractivity (Wildman–Crippen MR) is 268 cm³/mol. The van der Waals surface area contributed by atoms with Gasteiger partial charge in [-0.25, -0.2) is 4.98 Å². The van der Waals surface area contributed by atoms with Gasteiger partial charge in [-0.3, -0.25) is 4.40 Å². The Labute approximate surface area is 363 Å². The van der Waals surface area contributed by atoms with Gasteiger partial charge < -0.3 is 8.97 Å². The lowest BCUT2D eigenvalue weighted by molar-refractivity contribution is 0.591. The number of hydrogen-bond donors (Lipinski definition) is 0. The maximum absolute atomic E-state index is 5.52. The Kier molecular flexibility index (Phi) is 6.55. The minimum atomic E-state index is -0.0790. The summed E-state index contributed by atoms with van der Waals surface area (Å²) in [6.45, 7) is 14.1. The second kappa shape index (κ2) is 11.7. The standard InChI is InChI=1S/C59H44N4/c1-58(2,3)35-28-43-40-21-13-15-23-48(40)63-54(43)46(31-35)53-52-45-30-36(59(4,5)6)29-44-51-38-19-11-10-16-33(38)26-41(56(51)62(55(44)45)50(52)32-60-57(53)63)34-24-25-49-42(27-34)39-20-12-14-22-47(39)61(49)37-17-8-7-9-18-37/h7-32H,1-6H3. The highest BCUT2D eigenvalue weighted by molar-refractivity contribution is 6.37. The first-order valence-electron chi connectivity index (χ1n) is 22.3. The van der Waals surface area contributed by atoms with Crippen molar-refractivity contribution in [3.63, 3.8) is 0 Å². The number of pyridine rings is 1. The fourth-order valence-corrected chi connectivity index (χ4v) is 11.4. The quantitative estimate of drug-likeness (QED) is 0.171. The summed E-state index contributed by atoms with van der Waals surface area (Å²) in [5, 5.41) is 15.3. The molecule has 0 aliphatic rings. The molecule has 0 fully saturated rings. The molecule has 8 aromatic carbocycles. The molecular formula is C59H44N4. The van der Waals surface area contributed by atoms with Gasteiger partial charge in [0.1, 0.15) is 5.65 Å². The van der Waals surface area contributed by atoms with Crippen molar-refractivity contribution >= 4 is 109 Å². The largest absolute Gasteiger partial charge is 0.309 e. The fraction of sp³-hybridized carbons (Fsp3) is 0.136. The van der Waals surface area contributed by atoms with Crippen LogP contribution in [0.15, 0.2) is 158 Å². The first-order chi connectivity index (χ1) is 30.5. The molecule has 0 bridgehead atoms. The topological polar surface area (TPSA) is 26.6 Å². The van der Waals surface area contributed by atoms with Crippen molar-refractivity contribution in [2.45, 2.75) is 52.4 Å². The average molecular weight is 809 g/mol. The first kappa shape index (κ1) is 35.2. The molecule has 63 heavy (non-hydrogen) atoms. The van der Waals surface area contributed by atoms with E-state index < -0.39 is 0 Å². The highest BCUT2D eigenvalue weighted by Crippen LogP contribution is 2.51. The summed E-state index contributed by atoms with van der Waals surface area (Å²) >= 11 is 0. The average Bonchev–Trinajstić information content (AvgIpc) is 4.08. The Morgan fingerprint density at radius 1 is 0.397 bits per heavy atom. The zero-order valence-corrected chi connectivity index (χ0v) is 36.3. The van der Waals surface area contributed by atoms with Crippen molar-refractivity contribution in [3.05, 3.63) is 169 Å². The molecule has 6 heterocycles. The molecule has 300 valence electrons. The predicted octanol–water partition coefficient (Wildman–Crippen LogP) is 15.9. The minimum absolute atomic E-state index is 0.0343. The molecule has 0 spiro atoms. The van der Waals surface area contributed by atoms with Gasteiger partial charge in [-0.05, 0) is 105 Å². The maximum atomic E-state index is 5.52. The van der Waals surface area contributed by atoms with E-state index in [0.717, 1.165) is 11.2 Å². The van der Waals surface area contributed by atoms with E-state index in [1.807, 2.05) is 0 Å². The van der Waals surface area contributed by atoms with Crippen molar-refractivity contribution in [3.8, 4) is 16.8 Å². The van der Waals surface area contributed by atoms with E-state index in [2.05, 4.69) is 213 Å². The smallest absolute Gasteiger partial charge is 0.146 e. The van der Waals surface area contributed by atoms with Gasteiger partial charge in [0.25, 0.3) is 0 Å². The van der Waals surface area contributed by atoms with Crippen LogP contribution in [0, 0.1) is 0 Å². The van der Waals surface area contributed by atoms with Gasteiger partial charge in [0.2, 0.25) is 0 Å². The van der Waals surface area contributed by atoms with E-state index in [-0.39, 0.29) is 10.8 Å². The molecule has 6 aromatic heterocycles. The molecule has 14 aromatic rings. The van der Waals surface area contributed by atoms with Crippen molar-refractivity contribution in [2.24, 2.45) is 0 Å². The second-order valence-electron chi connectivity index (χ2n) is 20.0. The Morgan fingerprint density at radius 2 is 0.968 bits per heavy atom. The van der Waals surface area contributed by atoms with Crippen LogP contribution in [-0.2, 0) is 10.8 Å². The number of aromatic nitrogens is 4. The normalized spacial score (nSPS) is 13.2. The van der Waals surface area contributed by atoms with Crippen LogP contribution in [0.1, 0.15) is 52.7 Å². The monoisotopic (exact) mass is 808 g/mol. The Balaban J connectivity index is 1.19. The molecular weight excluding hydrogens is 765 g/mol. The zero-order chi connectivity index (χ0) is 42.3. The van der Waals surface area contributed by atoms with Crippen molar-refractivity contribution in [1.82, 2.24) is 18.4 Å². The molecule has 0 radical (unpaired) electrons. The number of nitrogens with zero attached hydrogens (tertiary/aromatic N) is 4. The molecule has 0 saturated carbocycles. The molecule has 4 nitrogen and oxygen atoms in total. The number of para-hydroxylation sites is 3. The van der Waals surface area contributed by atoms with Crippen LogP contribution in [0.25, 0.3) is 126 Å². The molecule has 0 aliphatic carbocycles. The van der Waals surface area contributed by atoms with Crippen molar-refractivity contribution in [2.75, 3.05) is 0 Å². The lowest BCUT2D eigenvalue weighted by Crippen LogP contribution is -2.10. The van der Waals surface area contributed by atoms with Crippen LogP contribution >= 0.6 is 0 Å². The van der Waals surface area contributed by atoms with E-state index in [1.54, 1.807) is 0 Å². The van der Waals surface area contributed by atoms with Crippen LogP contribution in [0.4, 0.5) is 0 Å². The SMILES string of the molecule is CC(C)(C)c1cc2c3ccccc3n3c4ncc5c(c6cc(C(C)(C)C)cc7c8c9ccccc9cc(-c9ccc%10c(c9)c9ccccc9n%10-c9ccccc9)c8n5c67)c4c(c1)c23. The van der Waals surface area contributed by atoms with Crippen molar-refractivity contribution in [1.29, 1.82) is 0 Å². The van der Waals surface area contributed by atoms with Gasteiger partial charge >= 0.3 is 0 Å². The number of fused-ring (bicyclic) bond motifs is 18. The highest BCUT2D eigenvalue weighted by Gasteiger charge is 2.30. The molecule has 4 heteroatoms. The summed E-state index contributed by atoms with van der Waals surface area (Å²) in [5.74, 6) is 0. The summed E-state index contributed by atoms with van der Waals surface area (Å²) in [6.07, 6.45) is 2.18. The molecule has 0 saturated heterocycles. The first-order valence-corrected chi connectivity index (χ1v) is 22.3. The van der Waals surface area contributed by atoms with Crippen molar-refractivity contribution < 1.29 is 0 Å². The Hall–Kier alpha value is -7.43.